The first-order valence-corrected chi connectivity index (χ1v) is 3.53. The van der Waals surface area contributed by atoms with E-state index < -0.39 is 0 Å². The van der Waals surface area contributed by atoms with Gasteiger partial charge in [0.1, 0.15) is 5.88 Å². The molecule has 0 aromatic heterocycles. The van der Waals surface area contributed by atoms with Gasteiger partial charge in [-0.25, -0.2) is 0 Å². The molecule has 0 aliphatic heterocycles. The van der Waals surface area contributed by atoms with Gasteiger partial charge in [0.25, 0.3) is 0 Å². The fraction of sp³-hybridized carbons (Fsp3) is 0.571. The van der Waals surface area contributed by atoms with Crippen molar-refractivity contribution in [2.24, 2.45) is 0 Å². The lowest BCUT2D eigenvalue weighted by molar-refractivity contribution is -0.119. The number of rotatable bonds is 3. The molecule has 0 bridgehead atoms. The largest absolute Gasteiger partial charge is 0.352 e. The fourth-order valence-corrected chi connectivity index (χ4v) is 0.618. The number of amides is 1. The van der Waals surface area contributed by atoms with Gasteiger partial charge >= 0.3 is 0 Å². The molecule has 56 valence electrons. The van der Waals surface area contributed by atoms with Gasteiger partial charge in [-0.15, -0.1) is 23.9 Å². The minimum absolute atomic E-state index is 0.00505. The van der Waals surface area contributed by atoms with Crippen molar-refractivity contribution >= 4 is 17.5 Å². The van der Waals surface area contributed by atoms with E-state index in [-0.39, 0.29) is 17.8 Å². The smallest absolute Gasteiger partial charge is 0.235 e. The van der Waals surface area contributed by atoms with Crippen molar-refractivity contribution in [3.8, 4) is 12.3 Å². The van der Waals surface area contributed by atoms with Crippen molar-refractivity contribution < 1.29 is 4.79 Å². The molecule has 10 heavy (non-hydrogen) atoms. The van der Waals surface area contributed by atoms with E-state index in [1.165, 1.54) is 0 Å². The van der Waals surface area contributed by atoms with E-state index >= 15 is 0 Å². The molecule has 0 aliphatic carbocycles. The van der Waals surface area contributed by atoms with E-state index in [9.17, 15) is 4.79 Å². The van der Waals surface area contributed by atoms with Crippen molar-refractivity contribution in [3.05, 3.63) is 0 Å². The van der Waals surface area contributed by atoms with Crippen LogP contribution in [0.15, 0.2) is 0 Å². The molecule has 0 aromatic rings. The van der Waals surface area contributed by atoms with Gasteiger partial charge in [-0.3, -0.25) is 4.79 Å². The molecule has 1 N–H and O–H groups in total. The van der Waals surface area contributed by atoms with Gasteiger partial charge in [-0.05, 0) is 6.92 Å². The first-order chi connectivity index (χ1) is 4.70. The summed E-state index contributed by atoms with van der Waals surface area (Å²) < 4.78 is 0. The molecular weight excluding hydrogens is 150 g/mol. The highest BCUT2D eigenvalue weighted by Gasteiger charge is 2.02. The second-order valence-corrected chi connectivity index (χ2v) is 2.28. The summed E-state index contributed by atoms with van der Waals surface area (Å²) in [6.07, 6.45) is 5.56. The second-order valence-electron chi connectivity index (χ2n) is 2.01. The molecule has 0 aromatic carbocycles. The Morgan fingerprint density at radius 2 is 2.50 bits per heavy atom. The van der Waals surface area contributed by atoms with Gasteiger partial charge < -0.3 is 5.32 Å². The Balaban J connectivity index is 3.49. The summed E-state index contributed by atoms with van der Waals surface area (Å²) in [6.45, 7) is 1.84. The highest BCUT2D eigenvalue weighted by molar-refractivity contribution is 6.27. The molecular formula is C7H10ClNO. The number of alkyl halides is 1. The maximum Gasteiger partial charge on any atom is 0.235 e. The van der Waals surface area contributed by atoms with Crippen LogP contribution in [0.25, 0.3) is 0 Å². The van der Waals surface area contributed by atoms with Gasteiger partial charge in [-0.2, -0.15) is 0 Å². The number of hydrogen-bond donors (Lipinski definition) is 1. The maximum atomic E-state index is 10.6. The van der Waals surface area contributed by atoms with Gasteiger partial charge in [0.05, 0.1) is 0 Å². The van der Waals surface area contributed by atoms with Crippen molar-refractivity contribution in [1.82, 2.24) is 5.32 Å². The summed E-state index contributed by atoms with van der Waals surface area (Å²) in [5, 5.41) is 2.62. The van der Waals surface area contributed by atoms with Crippen LogP contribution in [0.2, 0.25) is 0 Å². The Kier molecular flexibility index (Phi) is 4.78. The lowest BCUT2D eigenvalue weighted by Crippen LogP contribution is -2.32. The minimum atomic E-state index is -0.176. The fourth-order valence-electron chi connectivity index (χ4n) is 0.541. The van der Waals surface area contributed by atoms with Crippen LogP contribution in [0.1, 0.15) is 13.3 Å². The summed E-state index contributed by atoms with van der Waals surface area (Å²) >= 11 is 5.23. The first-order valence-electron chi connectivity index (χ1n) is 2.99. The van der Waals surface area contributed by atoms with E-state index in [4.69, 9.17) is 18.0 Å². The molecule has 0 fully saturated rings. The lowest BCUT2D eigenvalue weighted by Gasteiger charge is -2.07. The van der Waals surface area contributed by atoms with Crippen LogP contribution in [-0.4, -0.2) is 17.8 Å². The third kappa shape index (κ3) is 4.22. The summed E-state index contributed by atoms with van der Waals surface area (Å²) in [5.41, 5.74) is 0. The SMILES string of the molecule is C#CCC(C)NC(=O)CCl. The number of terminal acetylenes is 1. The summed E-state index contributed by atoms with van der Waals surface area (Å²) in [5.74, 6) is 2.26. The maximum absolute atomic E-state index is 10.6. The Bertz CT molecular complexity index is 150. The highest BCUT2D eigenvalue weighted by Crippen LogP contribution is 1.87. The molecule has 1 atom stereocenters. The normalized spacial score (nSPS) is 11.7. The van der Waals surface area contributed by atoms with Gasteiger partial charge in [-0.1, -0.05) is 0 Å². The average molecular weight is 160 g/mol. The van der Waals surface area contributed by atoms with E-state index in [0.29, 0.717) is 6.42 Å². The highest BCUT2D eigenvalue weighted by atomic mass is 35.5. The minimum Gasteiger partial charge on any atom is -0.352 e. The van der Waals surface area contributed by atoms with Crippen LogP contribution in [0.5, 0.6) is 0 Å². The third-order valence-corrected chi connectivity index (χ3v) is 1.20. The molecule has 0 heterocycles. The summed E-state index contributed by atoms with van der Waals surface area (Å²) in [7, 11) is 0. The van der Waals surface area contributed by atoms with Gasteiger partial charge in [0, 0.05) is 12.5 Å². The molecule has 0 spiro atoms. The van der Waals surface area contributed by atoms with Crippen molar-refractivity contribution in [1.29, 1.82) is 0 Å². The second kappa shape index (κ2) is 5.13. The molecule has 1 unspecified atom stereocenters. The zero-order valence-corrected chi connectivity index (χ0v) is 6.61. The van der Waals surface area contributed by atoms with Crippen molar-refractivity contribution in [2.75, 3.05) is 5.88 Å². The van der Waals surface area contributed by atoms with Crippen LogP contribution in [0, 0.1) is 12.3 Å². The first kappa shape index (κ1) is 9.32. The van der Waals surface area contributed by atoms with Gasteiger partial charge in [0.2, 0.25) is 5.91 Å². The number of carbonyl (C=O) groups excluding carboxylic acids is 1. The van der Waals surface area contributed by atoms with Crippen LogP contribution in [0.4, 0.5) is 0 Å². The number of halogens is 1. The number of nitrogens with one attached hydrogen (secondary N) is 1. The van der Waals surface area contributed by atoms with Crippen molar-refractivity contribution in [3.63, 3.8) is 0 Å². The molecule has 2 nitrogen and oxygen atoms in total. The monoisotopic (exact) mass is 159 g/mol. The Labute approximate surface area is 65.9 Å². The molecule has 0 rings (SSSR count). The molecule has 0 radical (unpaired) electrons. The summed E-state index contributed by atoms with van der Waals surface area (Å²) in [6, 6.07) is 0.0243. The molecule has 0 aliphatic rings. The van der Waals surface area contributed by atoms with E-state index in [1.807, 2.05) is 6.92 Å². The predicted molar refractivity (Wildman–Crippen MR) is 41.8 cm³/mol. The summed E-state index contributed by atoms with van der Waals surface area (Å²) in [4.78, 5) is 10.6. The number of carbonyl (C=O) groups is 1. The molecule has 0 saturated carbocycles. The zero-order chi connectivity index (χ0) is 7.98. The number of hydrogen-bond acceptors (Lipinski definition) is 1. The van der Waals surface area contributed by atoms with E-state index in [0.717, 1.165) is 0 Å². The van der Waals surface area contributed by atoms with Crippen molar-refractivity contribution in [2.45, 2.75) is 19.4 Å². The van der Waals surface area contributed by atoms with E-state index in [1.54, 1.807) is 0 Å². The Morgan fingerprint density at radius 1 is 1.90 bits per heavy atom. The average Bonchev–Trinajstić information content (AvgIpc) is 1.88. The standard InChI is InChI=1S/C7H10ClNO/c1-3-4-6(2)9-7(10)5-8/h1,6H,4-5H2,2H3,(H,9,10). The third-order valence-electron chi connectivity index (χ3n) is 0.953. The zero-order valence-electron chi connectivity index (χ0n) is 5.86. The Hall–Kier alpha value is -0.680. The van der Waals surface area contributed by atoms with E-state index in [2.05, 4.69) is 11.2 Å². The topological polar surface area (TPSA) is 29.1 Å². The van der Waals surface area contributed by atoms with Crippen LogP contribution >= 0.6 is 11.6 Å². The quantitative estimate of drug-likeness (QED) is 0.478. The predicted octanol–water partition coefficient (Wildman–Crippen LogP) is 0.753. The van der Waals surface area contributed by atoms with Crippen LogP contribution in [-0.2, 0) is 4.79 Å². The van der Waals surface area contributed by atoms with Gasteiger partial charge in [0.15, 0.2) is 0 Å². The van der Waals surface area contributed by atoms with Crippen LogP contribution in [0.3, 0.4) is 0 Å². The molecule has 3 heteroatoms. The van der Waals surface area contributed by atoms with Crippen LogP contribution < -0.4 is 5.32 Å². The Morgan fingerprint density at radius 3 is 2.90 bits per heavy atom. The molecule has 0 saturated heterocycles. The lowest BCUT2D eigenvalue weighted by atomic mass is 10.2. The molecule has 1 amide bonds.